The first-order chi connectivity index (χ1) is 9.58. The number of carbonyl (C=O) groups excluding carboxylic acids is 1. The van der Waals surface area contributed by atoms with Crippen molar-refractivity contribution in [3.05, 3.63) is 29.8 Å². The summed E-state index contributed by atoms with van der Waals surface area (Å²) in [6, 6.07) is 3.43. The van der Waals surface area contributed by atoms with E-state index in [0.717, 1.165) is 43.9 Å². The van der Waals surface area contributed by atoms with E-state index in [4.69, 9.17) is 0 Å². The topological polar surface area (TPSA) is 32.3 Å². The van der Waals surface area contributed by atoms with Gasteiger partial charge in [-0.15, -0.1) is 0 Å². The van der Waals surface area contributed by atoms with E-state index in [9.17, 15) is 13.6 Å². The van der Waals surface area contributed by atoms with Crippen LogP contribution in [-0.4, -0.2) is 30.4 Å². The maximum Gasteiger partial charge on any atom is 0.241 e. The van der Waals surface area contributed by atoms with E-state index >= 15 is 0 Å². The molecule has 0 aromatic heterocycles. The molecule has 2 rings (SSSR count). The van der Waals surface area contributed by atoms with Gasteiger partial charge in [0.1, 0.15) is 11.6 Å². The third-order valence-corrected chi connectivity index (χ3v) is 3.87. The van der Waals surface area contributed by atoms with Crippen molar-refractivity contribution in [2.75, 3.05) is 18.9 Å². The lowest BCUT2D eigenvalue weighted by atomic mass is 9.94. The highest BCUT2D eigenvalue weighted by molar-refractivity contribution is 5.81. The van der Waals surface area contributed by atoms with Crippen molar-refractivity contribution in [3.63, 3.8) is 0 Å². The first-order valence-corrected chi connectivity index (χ1v) is 7.02. The molecule has 0 spiro atoms. The molecule has 1 N–H and O–H groups in total. The number of halogens is 2. The van der Waals surface area contributed by atoms with Gasteiger partial charge in [0.05, 0.1) is 12.2 Å². The Kier molecular flexibility index (Phi) is 4.93. The first-order valence-electron chi connectivity index (χ1n) is 7.02. The molecule has 5 heteroatoms. The molecule has 0 heterocycles. The maximum absolute atomic E-state index is 13.4. The maximum atomic E-state index is 13.4. The van der Waals surface area contributed by atoms with Gasteiger partial charge in [-0.05, 0) is 31.0 Å². The van der Waals surface area contributed by atoms with Gasteiger partial charge in [-0.2, -0.15) is 0 Å². The molecule has 0 aliphatic heterocycles. The first kappa shape index (κ1) is 14.8. The van der Waals surface area contributed by atoms with Gasteiger partial charge >= 0.3 is 0 Å². The van der Waals surface area contributed by atoms with Gasteiger partial charge < -0.3 is 10.2 Å². The predicted molar refractivity (Wildman–Crippen MR) is 74.5 cm³/mol. The molecule has 0 saturated heterocycles. The third-order valence-electron chi connectivity index (χ3n) is 3.87. The number of anilines is 1. The number of benzene rings is 1. The lowest BCUT2D eigenvalue weighted by molar-refractivity contribution is -0.130. The van der Waals surface area contributed by atoms with Crippen molar-refractivity contribution in [2.24, 2.45) is 0 Å². The minimum atomic E-state index is -0.556. The second kappa shape index (κ2) is 6.68. The monoisotopic (exact) mass is 282 g/mol. The lowest BCUT2D eigenvalue weighted by Crippen LogP contribution is -2.41. The van der Waals surface area contributed by atoms with Crippen molar-refractivity contribution < 1.29 is 13.6 Å². The van der Waals surface area contributed by atoms with Crippen LogP contribution in [-0.2, 0) is 4.79 Å². The van der Waals surface area contributed by atoms with Gasteiger partial charge in [-0.3, -0.25) is 4.79 Å². The number of rotatable bonds is 4. The molecule has 1 saturated carbocycles. The molecular weight excluding hydrogens is 262 g/mol. The van der Waals surface area contributed by atoms with E-state index in [1.807, 2.05) is 0 Å². The molecule has 0 bridgehead atoms. The van der Waals surface area contributed by atoms with E-state index in [1.54, 1.807) is 11.9 Å². The molecule has 20 heavy (non-hydrogen) atoms. The third kappa shape index (κ3) is 3.68. The zero-order chi connectivity index (χ0) is 14.5. The molecule has 110 valence electrons. The summed E-state index contributed by atoms with van der Waals surface area (Å²) in [4.78, 5) is 13.8. The van der Waals surface area contributed by atoms with Crippen LogP contribution in [0.5, 0.6) is 0 Å². The Balaban J connectivity index is 1.89. The molecule has 0 atom stereocenters. The molecule has 1 aliphatic rings. The molecule has 1 aromatic carbocycles. The Morgan fingerprint density at radius 2 is 2.00 bits per heavy atom. The van der Waals surface area contributed by atoms with Crippen LogP contribution in [0.15, 0.2) is 18.2 Å². The fourth-order valence-corrected chi connectivity index (χ4v) is 2.60. The smallest absolute Gasteiger partial charge is 0.241 e. The Hall–Kier alpha value is -1.65. The van der Waals surface area contributed by atoms with Crippen LogP contribution in [0.4, 0.5) is 14.5 Å². The Bertz CT molecular complexity index is 473. The van der Waals surface area contributed by atoms with Crippen LogP contribution in [0, 0.1) is 11.6 Å². The number of likely N-dealkylation sites (N-methyl/N-ethyl adjacent to an activating group) is 1. The lowest BCUT2D eigenvalue weighted by Gasteiger charge is -2.31. The van der Waals surface area contributed by atoms with E-state index in [1.165, 1.54) is 6.42 Å². The number of hydrogen-bond acceptors (Lipinski definition) is 2. The normalized spacial score (nSPS) is 15.9. The van der Waals surface area contributed by atoms with Crippen LogP contribution < -0.4 is 5.32 Å². The standard InChI is InChI=1S/C15H20F2N2O/c1-19(12-5-3-2-4-6-12)15(20)10-18-14-9-11(16)7-8-13(14)17/h7-9,12,18H,2-6,10H2,1H3. The summed E-state index contributed by atoms with van der Waals surface area (Å²) in [5.41, 5.74) is 0.0235. The average molecular weight is 282 g/mol. The average Bonchev–Trinajstić information content (AvgIpc) is 2.48. The minimum absolute atomic E-state index is 0.0205. The van der Waals surface area contributed by atoms with Gasteiger partial charge in [-0.25, -0.2) is 8.78 Å². The fourth-order valence-electron chi connectivity index (χ4n) is 2.60. The van der Waals surface area contributed by atoms with Crippen molar-refractivity contribution in [1.29, 1.82) is 0 Å². The molecule has 1 amide bonds. The Labute approximate surface area is 118 Å². The summed E-state index contributed by atoms with van der Waals surface area (Å²) in [6.07, 6.45) is 5.57. The second-order valence-electron chi connectivity index (χ2n) is 5.27. The molecule has 1 aromatic rings. The Morgan fingerprint density at radius 3 is 2.70 bits per heavy atom. The van der Waals surface area contributed by atoms with Gasteiger partial charge in [0.25, 0.3) is 0 Å². The zero-order valence-electron chi connectivity index (χ0n) is 11.7. The summed E-state index contributed by atoms with van der Waals surface area (Å²) >= 11 is 0. The quantitative estimate of drug-likeness (QED) is 0.920. The van der Waals surface area contributed by atoms with Gasteiger partial charge in [0, 0.05) is 13.1 Å². The number of nitrogens with zero attached hydrogens (tertiary/aromatic N) is 1. The zero-order valence-corrected chi connectivity index (χ0v) is 11.7. The summed E-state index contributed by atoms with van der Waals surface area (Å²) in [7, 11) is 1.78. The largest absolute Gasteiger partial charge is 0.374 e. The molecule has 0 unspecified atom stereocenters. The molecule has 0 radical (unpaired) electrons. The van der Waals surface area contributed by atoms with Gasteiger partial charge in [0.2, 0.25) is 5.91 Å². The van der Waals surface area contributed by atoms with E-state index < -0.39 is 11.6 Å². The van der Waals surface area contributed by atoms with Crippen LogP contribution in [0.2, 0.25) is 0 Å². The summed E-state index contributed by atoms with van der Waals surface area (Å²) in [6.45, 7) is -0.0205. The fraction of sp³-hybridized carbons (Fsp3) is 0.533. The second-order valence-corrected chi connectivity index (χ2v) is 5.27. The molecule has 1 aliphatic carbocycles. The van der Waals surface area contributed by atoms with Crippen molar-refractivity contribution in [1.82, 2.24) is 4.90 Å². The summed E-state index contributed by atoms with van der Waals surface area (Å²) in [5.74, 6) is -1.18. The van der Waals surface area contributed by atoms with Crippen LogP contribution in [0.3, 0.4) is 0 Å². The van der Waals surface area contributed by atoms with Crippen molar-refractivity contribution in [3.8, 4) is 0 Å². The number of carbonyl (C=O) groups is 1. The van der Waals surface area contributed by atoms with Gasteiger partial charge in [-0.1, -0.05) is 19.3 Å². The van der Waals surface area contributed by atoms with Crippen LogP contribution >= 0.6 is 0 Å². The summed E-state index contributed by atoms with van der Waals surface area (Å²) < 4.78 is 26.4. The van der Waals surface area contributed by atoms with Crippen molar-refractivity contribution >= 4 is 11.6 Å². The molecular formula is C15H20F2N2O. The minimum Gasteiger partial charge on any atom is -0.374 e. The summed E-state index contributed by atoms with van der Waals surface area (Å²) in [5, 5.41) is 2.67. The highest BCUT2D eigenvalue weighted by Gasteiger charge is 2.21. The van der Waals surface area contributed by atoms with Crippen molar-refractivity contribution in [2.45, 2.75) is 38.1 Å². The SMILES string of the molecule is CN(C(=O)CNc1cc(F)ccc1F)C1CCCCC1. The number of nitrogens with one attached hydrogen (secondary N) is 1. The highest BCUT2D eigenvalue weighted by atomic mass is 19.1. The van der Waals surface area contributed by atoms with Crippen LogP contribution in [0.1, 0.15) is 32.1 Å². The van der Waals surface area contributed by atoms with Gasteiger partial charge in [0.15, 0.2) is 0 Å². The van der Waals surface area contributed by atoms with E-state index in [0.29, 0.717) is 0 Å². The highest BCUT2D eigenvalue weighted by Crippen LogP contribution is 2.22. The van der Waals surface area contributed by atoms with E-state index in [-0.39, 0.29) is 24.2 Å². The number of amides is 1. The number of hydrogen-bond donors (Lipinski definition) is 1. The van der Waals surface area contributed by atoms with Crippen LogP contribution in [0.25, 0.3) is 0 Å². The Morgan fingerprint density at radius 1 is 1.30 bits per heavy atom. The molecule has 3 nitrogen and oxygen atoms in total. The predicted octanol–water partition coefficient (Wildman–Crippen LogP) is 3.17. The van der Waals surface area contributed by atoms with E-state index in [2.05, 4.69) is 5.32 Å². The molecule has 1 fully saturated rings.